The van der Waals surface area contributed by atoms with E-state index in [9.17, 15) is 14.3 Å². The smallest absolute Gasteiger partial charge is 0.786 e. The number of nitrogens with two attached hydrogens (primary N) is 1. The van der Waals surface area contributed by atoms with Crippen LogP contribution in [-0.2, 0) is 25.4 Å². The van der Waals surface area contributed by atoms with E-state index in [1.165, 1.54) is 19.6 Å². The Hall–Kier alpha value is -1.47. The third-order valence-corrected chi connectivity index (χ3v) is 4.78. The van der Waals surface area contributed by atoms with Crippen molar-refractivity contribution in [3.63, 3.8) is 0 Å². The monoisotopic (exact) mass is 406 g/mol. The predicted molar refractivity (Wildman–Crippen MR) is 96.6 cm³/mol. The van der Waals surface area contributed by atoms with E-state index in [1.807, 2.05) is 0 Å². The summed E-state index contributed by atoms with van der Waals surface area (Å²) >= 11 is 0. The van der Waals surface area contributed by atoms with Gasteiger partial charge < -0.3 is 29.2 Å². The summed E-state index contributed by atoms with van der Waals surface area (Å²) < 4.78 is 24.2. The van der Waals surface area contributed by atoms with E-state index < -0.39 is 32.0 Å². The minimum absolute atomic E-state index is 0. The summed E-state index contributed by atoms with van der Waals surface area (Å²) in [6.07, 6.45) is 1.51. The number of nitrogen functional groups attached to an aromatic ring is 1. The van der Waals surface area contributed by atoms with E-state index >= 15 is 0 Å². The number of carbonyl (C=O) groups excluding carboxylic acids is 1. The van der Waals surface area contributed by atoms with E-state index in [1.54, 1.807) is 25.3 Å². The van der Waals surface area contributed by atoms with Crippen molar-refractivity contribution in [2.45, 2.75) is 52.5 Å². The summed E-state index contributed by atoms with van der Waals surface area (Å²) in [4.78, 5) is 36.0. The average molecular weight is 406 g/mol. The van der Waals surface area contributed by atoms with Crippen LogP contribution in [0.3, 0.4) is 0 Å². The SMILES string of the molecule is CC(C)OC(=O)[C@H](C)NP(=O)([O-])CO[C@H](C)Cn1cnc2c(N)ncnc21.[Li+]. The number of rotatable bonds is 9. The van der Waals surface area contributed by atoms with Gasteiger partial charge in [-0.15, -0.1) is 0 Å². The van der Waals surface area contributed by atoms with Crippen molar-refractivity contribution in [2.24, 2.45) is 0 Å². The van der Waals surface area contributed by atoms with Gasteiger partial charge in [-0.2, -0.15) is 0 Å². The van der Waals surface area contributed by atoms with E-state index in [0.29, 0.717) is 17.7 Å². The first-order chi connectivity index (χ1) is 12.6. The van der Waals surface area contributed by atoms with Gasteiger partial charge >= 0.3 is 24.8 Å². The van der Waals surface area contributed by atoms with Gasteiger partial charge in [-0.3, -0.25) is 9.88 Å². The molecule has 0 amide bonds. The Kier molecular flexibility index (Phi) is 9.08. The van der Waals surface area contributed by atoms with Gasteiger partial charge in [0, 0.05) is 0 Å². The van der Waals surface area contributed by atoms with Gasteiger partial charge in [-0.1, -0.05) is 0 Å². The molecule has 1 unspecified atom stereocenters. The van der Waals surface area contributed by atoms with Crippen molar-refractivity contribution >= 4 is 30.5 Å². The number of carbonyl (C=O) groups is 1. The maximum atomic E-state index is 12.1. The van der Waals surface area contributed by atoms with Crippen LogP contribution in [0.5, 0.6) is 0 Å². The van der Waals surface area contributed by atoms with E-state index in [0.717, 1.165) is 0 Å². The molecule has 0 spiro atoms. The normalized spacial score (nSPS) is 15.6. The van der Waals surface area contributed by atoms with E-state index in [-0.39, 0.29) is 30.8 Å². The molecule has 2 heterocycles. The van der Waals surface area contributed by atoms with Gasteiger partial charge in [-0.25, -0.2) is 15.0 Å². The fraction of sp³-hybridized carbons (Fsp3) is 0.600. The van der Waals surface area contributed by atoms with Crippen molar-refractivity contribution in [2.75, 3.05) is 12.1 Å². The van der Waals surface area contributed by atoms with Crippen molar-refractivity contribution in [3.8, 4) is 0 Å². The van der Waals surface area contributed by atoms with Crippen LogP contribution >= 0.6 is 7.52 Å². The van der Waals surface area contributed by atoms with Crippen molar-refractivity contribution in [1.29, 1.82) is 0 Å². The molecule has 2 rings (SSSR count). The van der Waals surface area contributed by atoms with Crippen LogP contribution in [0.15, 0.2) is 12.7 Å². The molecule has 2 aromatic heterocycles. The zero-order chi connectivity index (χ0) is 20.2. The van der Waals surface area contributed by atoms with Gasteiger partial charge in [0.2, 0.25) is 0 Å². The maximum absolute atomic E-state index is 12.1. The van der Waals surface area contributed by atoms with E-state index in [2.05, 4.69) is 20.0 Å². The number of hydrogen-bond acceptors (Lipinski definition) is 9. The quantitative estimate of drug-likeness (QED) is 0.254. The Balaban J connectivity index is 0.00000392. The number of aromatic nitrogens is 4. The molecule has 0 aromatic carbocycles. The van der Waals surface area contributed by atoms with Crippen molar-refractivity contribution in [1.82, 2.24) is 24.6 Å². The second kappa shape index (κ2) is 10.3. The minimum Gasteiger partial charge on any atom is -0.786 e. The van der Waals surface area contributed by atoms with Crippen molar-refractivity contribution < 1.29 is 42.6 Å². The molecule has 0 radical (unpaired) electrons. The summed E-state index contributed by atoms with van der Waals surface area (Å²) in [5.41, 5.74) is 6.74. The first-order valence-electron chi connectivity index (χ1n) is 8.40. The number of ether oxygens (including phenoxy) is 2. The molecule has 0 aliphatic heterocycles. The maximum Gasteiger partial charge on any atom is 1.00 e. The van der Waals surface area contributed by atoms with Crippen LogP contribution in [-0.4, -0.2) is 50.1 Å². The van der Waals surface area contributed by atoms with Gasteiger partial charge in [0.1, 0.15) is 31.8 Å². The molecule has 28 heavy (non-hydrogen) atoms. The second-order valence-corrected chi connectivity index (χ2v) is 8.31. The fourth-order valence-electron chi connectivity index (χ4n) is 2.31. The Labute approximate surface area is 175 Å². The molecular weight excluding hydrogens is 382 g/mol. The van der Waals surface area contributed by atoms with Crippen LogP contribution in [0.4, 0.5) is 5.82 Å². The topological polar surface area (TPSA) is 157 Å². The number of nitrogens with zero attached hydrogens (tertiary/aromatic N) is 4. The Bertz CT molecular complexity index is 847. The predicted octanol–water partition coefficient (Wildman–Crippen LogP) is -2.74. The van der Waals surface area contributed by atoms with Crippen LogP contribution in [0.25, 0.3) is 11.2 Å². The molecule has 3 atom stereocenters. The third kappa shape index (κ3) is 6.85. The molecule has 0 saturated carbocycles. The Morgan fingerprint density at radius 2 is 2.00 bits per heavy atom. The molecule has 3 N–H and O–H groups in total. The van der Waals surface area contributed by atoms with Crippen LogP contribution in [0.2, 0.25) is 0 Å². The van der Waals surface area contributed by atoms with Gasteiger partial charge in [0.15, 0.2) is 11.5 Å². The molecule has 0 bridgehead atoms. The van der Waals surface area contributed by atoms with Gasteiger partial charge in [-0.05, 0) is 27.7 Å². The Morgan fingerprint density at radius 3 is 2.64 bits per heavy atom. The number of fused-ring (bicyclic) bond motifs is 1. The second-order valence-electron chi connectivity index (χ2n) is 6.44. The number of imidazole rings is 1. The molecule has 0 aliphatic carbocycles. The fourth-order valence-corrected chi connectivity index (χ4v) is 3.53. The Morgan fingerprint density at radius 1 is 1.32 bits per heavy atom. The van der Waals surface area contributed by atoms with Gasteiger partial charge in [0.05, 0.1) is 25.1 Å². The first kappa shape index (κ1) is 24.6. The molecule has 2 aromatic rings. The molecule has 0 saturated heterocycles. The molecule has 150 valence electrons. The average Bonchev–Trinajstić information content (AvgIpc) is 2.96. The standard InChI is InChI=1S/C15H25N6O5P.Li/c1-9(2)26-15(22)11(4)20-27(23,24)8-25-10(3)5-21-7-19-12-13(16)17-6-18-14(12)21;/h6-7,9-11H,5,8H2,1-4H3,(H2,16,17,18)(H2,20,23,24);/q;+1/p-1/t10-,11+;/m1./s1. The first-order valence-corrected chi connectivity index (χ1v) is 10.2. The molecule has 0 aliphatic rings. The molecule has 11 nitrogen and oxygen atoms in total. The van der Waals surface area contributed by atoms with Crippen LogP contribution in [0.1, 0.15) is 27.7 Å². The summed E-state index contributed by atoms with van der Waals surface area (Å²) in [6.45, 7) is 6.82. The van der Waals surface area contributed by atoms with E-state index in [4.69, 9.17) is 15.2 Å². The summed E-state index contributed by atoms with van der Waals surface area (Å²) in [6, 6.07) is -0.994. The number of esters is 1. The van der Waals surface area contributed by atoms with Crippen LogP contribution in [0, 0.1) is 0 Å². The summed E-state index contributed by atoms with van der Waals surface area (Å²) in [5.74, 6) is -0.376. The minimum atomic E-state index is -4.14. The zero-order valence-electron chi connectivity index (χ0n) is 16.7. The number of hydrogen-bond donors (Lipinski definition) is 2. The number of nitrogens with one attached hydrogen (secondary N) is 1. The van der Waals surface area contributed by atoms with Crippen LogP contribution < -0.4 is 34.6 Å². The third-order valence-electron chi connectivity index (χ3n) is 3.51. The van der Waals surface area contributed by atoms with Crippen molar-refractivity contribution in [3.05, 3.63) is 12.7 Å². The van der Waals surface area contributed by atoms with Gasteiger partial charge in [0.25, 0.3) is 0 Å². The summed E-state index contributed by atoms with van der Waals surface area (Å²) in [7, 11) is -4.14. The molecule has 0 fully saturated rings. The largest absolute Gasteiger partial charge is 1.00 e. The molecular formula is C15H24LiN6O5P. The summed E-state index contributed by atoms with van der Waals surface area (Å²) in [5, 5.41) is 2.26. The number of anilines is 1. The molecule has 13 heteroatoms. The zero-order valence-corrected chi connectivity index (χ0v) is 17.6.